The van der Waals surface area contributed by atoms with E-state index in [1.165, 1.54) is 0 Å². The van der Waals surface area contributed by atoms with Gasteiger partial charge in [0.25, 0.3) is 5.91 Å². The molecule has 0 saturated carbocycles. The highest BCUT2D eigenvalue weighted by molar-refractivity contribution is 5.92. The molecular formula is C15H22N4O2. The van der Waals surface area contributed by atoms with Crippen molar-refractivity contribution in [3.8, 4) is 0 Å². The van der Waals surface area contributed by atoms with Gasteiger partial charge in [-0.1, -0.05) is 0 Å². The molecule has 0 N–H and O–H groups in total. The second kappa shape index (κ2) is 5.87. The monoisotopic (exact) mass is 290 g/mol. The lowest BCUT2D eigenvalue weighted by atomic mass is 10.2. The fraction of sp³-hybridized carbons (Fsp3) is 0.667. The predicted octanol–water partition coefficient (Wildman–Crippen LogP) is 1.58. The number of likely N-dealkylation sites (tertiary alicyclic amines) is 1. The summed E-state index contributed by atoms with van der Waals surface area (Å²) in [5.41, 5.74) is 0. The Morgan fingerprint density at radius 1 is 1.43 bits per heavy atom. The minimum atomic E-state index is 0.0340. The van der Waals surface area contributed by atoms with Crippen molar-refractivity contribution in [2.45, 2.75) is 52.1 Å². The number of carbonyl (C=O) groups excluding carboxylic acids is 1. The topological polar surface area (TPSA) is 60.2 Å². The van der Waals surface area contributed by atoms with Crippen LogP contribution in [0.1, 0.15) is 37.3 Å². The van der Waals surface area contributed by atoms with Crippen molar-refractivity contribution < 1.29 is 9.53 Å². The van der Waals surface area contributed by atoms with Gasteiger partial charge < -0.3 is 9.64 Å². The number of aromatic nitrogens is 3. The van der Waals surface area contributed by atoms with Crippen LogP contribution in [0.5, 0.6) is 0 Å². The summed E-state index contributed by atoms with van der Waals surface area (Å²) in [5.74, 6) is 2.24. The Balaban J connectivity index is 1.71. The first kappa shape index (κ1) is 14.1. The summed E-state index contributed by atoms with van der Waals surface area (Å²) in [6, 6.07) is 0.184. The Kier molecular flexibility index (Phi) is 3.94. The van der Waals surface area contributed by atoms with Gasteiger partial charge in [-0.15, -0.1) is 0 Å². The summed E-state index contributed by atoms with van der Waals surface area (Å²) in [7, 11) is 0. The summed E-state index contributed by atoms with van der Waals surface area (Å²) < 4.78 is 7.42. The maximum atomic E-state index is 12.6. The highest BCUT2D eigenvalue weighted by Gasteiger charge is 2.32. The van der Waals surface area contributed by atoms with Crippen LogP contribution >= 0.6 is 0 Å². The average Bonchev–Trinajstić information content (AvgIpc) is 3.06. The summed E-state index contributed by atoms with van der Waals surface area (Å²) in [6.45, 7) is 6.01. The fourth-order valence-electron chi connectivity index (χ4n) is 3.07. The van der Waals surface area contributed by atoms with Crippen LogP contribution in [0.25, 0.3) is 0 Å². The highest BCUT2D eigenvalue weighted by Crippen LogP contribution is 2.23. The first-order valence-electron chi connectivity index (χ1n) is 7.67. The Hall–Kier alpha value is -1.85. The molecule has 1 aromatic heterocycles. The normalized spacial score (nSPS) is 22.1. The Bertz CT molecular complexity index is 564. The van der Waals surface area contributed by atoms with E-state index in [4.69, 9.17) is 4.74 Å². The van der Waals surface area contributed by atoms with Gasteiger partial charge in [-0.3, -0.25) is 4.79 Å². The van der Waals surface area contributed by atoms with Crippen molar-refractivity contribution in [2.75, 3.05) is 13.2 Å². The molecule has 3 rings (SSSR count). The quantitative estimate of drug-likeness (QED) is 0.848. The maximum absolute atomic E-state index is 12.6. The van der Waals surface area contributed by atoms with E-state index in [0.29, 0.717) is 18.9 Å². The number of aryl methyl sites for hydroxylation is 2. The number of ether oxygens (including phenoxy) is 1. The first-order valence-corrected chi connectivity index (χ1v) is 7.67. The van der Waals surface area contributed by atoms with Crippen molar-refractivity contribution in [2.24, 2.45) is 0 Å². The van der Waals surface area contributed by atoms with Crippen molar-refractivity contribution >= 4 is 5.91 Å². The van der Waals surface area contributed by atoms with Crippen molar-refractivity contribution in [3.05, 3.63) is 23.5 Å². The molecule has 2 aliphatic heterocycles. The van der Waals surface area contributed by atoms with Crippen molar-refractivity contribution in [1.82, 2.24) is 19.7 Å². The molecule has 1 amide bonds. The predicted molar refractivity (Wildman–Crippen MR) is 77.5 cm³/mol. The second-order valence-corrected chi connectivity index (χ2v) is 5.74. The number of hydrogen-bond acceptors (Lipinski definition) is 4. The highest BCUT2D eigenvalue weighted by atomic mass is 16.5. The lowest BCUT2D eigenvalue weighted by Crippen LogP contribution is -2.40. The zero-order valence-electron chi connectivity index (χ0n) is 12.7. The van der Waals surface area contributed by atoms with Crippen LogP contribution < -0.4 is 0 Å². The number of rotatable bonds is 3. The van der Waals surface area contributed by atoms with Crippen LogP contribution in [-0.4, -0.2) is 44.8 Å². The third-order valence-electron chi connectivity index (χ3n) is 4.13. The van der Waals surface area contributed by atoms with Crippen LogP contribution in [0.2, 0.25) is 0 Å². The van der Waals surface area contributed by atoms with Gasteiger partial charge in [-0.25, -0.2) is 9.67 Å². The Labute approximate surface area is 124 Å². The van der Waals surface area contributed by atoms with Gasteiger partial charge in [0.15, 0.2) is 5.76 Å². The van der Waals surface area contributed by atoms with E-state index in [0.717, 1.165) is 43.9 Å². The average molecular weight is 290 g/mol. The summed E-state index contributed by atoms with van der Waals surface area (Å²) >= 11 is 0. The van der Waals surface area contributed by atoms with E-state index < -0.39 is 0 Å². The molecule has 6 heteroatoms. The molecule has 114 valence electrons. The van der Waals surface area contributed by atoms with Crippen LogP contribution in [0, 0.1) is 13.8 Å². The van der Waals surface area contributed by atoms with Crippen LogP contribution in [0.15, 0.2) is 11.8 Å². The minimum Gasteiger partial charge on any atom is -0.488 e. The SMILES string of the molecule is Cc1nc(C)n(CC2CCCN2C(=O)C2=CCCCO2)n1. The van der Waals surface area contributed by atoms with Gasteiger partial charge in [0.2, 0.25) is 0 Å². The molecular weight excluding hydrogens is 268 g/mol. The maximum Gasteiger partial charge on any atom is 0.288 e. The van der Waals surface area contributed by atoms with Gasteiger partial charge in [-0.2, -0.15) is 5.10 Å². The molecule has 1 aromatic rings. The number of carbonyl (C=O) groups is 1. The summed E-state index contributed by atoms with van der Waals surface area (Å²) in [6.07, 6.45) is 5.90. The lowest BCUT2D eigenvalue weighted by molar-refractivity contribution is -0.132. The summed E-state index contributed by atoms with van der Waals surface area (Å²) in [5, 5.41) is 4.40. The van der Waals surface area contributed by atoms with E-state index in [-0.39, 0.29) is 11.9 Å². The summed E-state index contributed by atoms with van der Waals surface area (Å²) in [4.78, 5) is 18.8. The molecule has 0 bridgehead atoms. The molecule has 21 heavy (non-hydrogen) atoms. The molecule has 0 aliphatic carbocycles. The molecule has 0 spiro atoms. The standard InChI is InChI=1S/C15H22N4O2/c1-11-16-12(2)19(17-11)10-13-6-5-8-18(13)15(20)14-7-3-4-9-21-14/h7,13H,3-6,8-10H2,1-2H3. The molecule has 0 aromatic carbocycles. The lowest BCUT2D eigenvalue weighted by Gasteiger charge is -2.26. The minimum absolute atomic E-state index is 0.0340. The van der Waals surface area contributed by atoms with E-state index in [9.17, 15) is 4.79 Å². The smallest absolute Gasteiger partial charge is 0.288 e. The van der Waals surface area contributed by atoms with Crippen LogP contribution in [0.4, 0.5) is 0 Å². The molecule has 2 aliphatic rings. The molecule has 1 saturated heterocycles. The van der Waals surface area contributed by atoms with Gasteiger partial charge in [0, 0.05) is 6.54 Å². The van der Waals surface area contributed by atoms with E-state index in [2.05, 4.69) is 10.1 Å². The van der Waals surface area contributed by atoms with Crippen molar-refractivity contribution in [1.29, 1.82) is 0 Å². The second-order valence-electron chi connectivity index (χ2n) is 5.74. The van der Waals surface area contributed by atoms with Crippen LogP contribution in [-0.2, 0) is 16.1 Å². The molecule has 1 atom stereocenters. The molecule has 6 nitrogen and oxygen atoms in total. The molecule has 0 radical (unpaired) electrons. The van der Waals surface area contributed by atoms with Gasteiger partial charge in [0.05, 0.1) is 19.2 Å². The first-order chi connectivity index (χ1) is 10.1. The molecule has 3 heterocycles. The van der Waals surface area contributed by atoms with Crippen LogP contribution in [0.3, 0.4) is 0 Å². The Morgan fingerprint density at radius 2 is 2.29 bits per heavy atom. The van der Waals surface area contributed by atoms with Gasteiger partial charge >= 0.3 is 0 Å². The Morgan fingerprint density at radius 3 is 2.95 bits per heavy atom. The number of nitrogens with zero attached hydrogens (tertiary/aromatic N) is 4. The van der Waals surface area contributed by atoms with Gasteiger partial charge in [0.1, 0.15) is 11.6 Å². The number of allylic oxidation sites excluding steroid dienone is 1. The van der Waals surface area contributed by atoms with Gasteiger partial charge in [-0.05, 0) is 45.6 Å². The zero-order chi connectivity index (χ0) is 14.8. The third kappa shape index (κ3) is 2.94. The largest absolute Gasteiger partial charge is 0.488 e. The fourth-order valence-corrected chi connectivity index (χ4v) is 3.07. The molecule has 1 fully saturated rings. The number of hydrogen-bond donors (Lipinski definition) is 0. The third-order valence-corrected chi connectivity index (χ3v) is 4.13. The zero-order valence-corrected chi connectivity index (χ0v) is 12.7. The van der Waals surface area contributed by atoms with Crippen molar-refractivity contribution in [3.63, 3.8) is 0 Å². The molecule has 1 unspecified atom stereocenters. The van der Waals surface area contributed by atoms with E-state index in [1.54, 1.807) is 0 Å². The van der Waals surface area contributed by atoms with E-state index in [1.807, 2.05) is 29.5 Å². The van der Waals surface area contributed by atoms with E-state index >= 15 is 0 Å². The number of amides is 1.